The van der Waals surface area contributed by atoms with Crippen molar-refractivity contribution < 1.29 is 19.2 Å². The Labute approximate surface area is 131 Å². The molecule has 0 aliphatic heterocycles. The Morgan fingerprint density at radius 2 is 1.00 bits per heavy atom. The number of rotatable bonds is 1. The largest absolute Gasteiger partial charge is 0.293 e. The molecule has 0 heterocycles. The number of carbonyl (C=O) groups excluding carboxylic acids is 4. The van der Waals surface area contributed by atoms with Crippen LogP contribution in [0.4, 0.5) is 0 Å². The van der Waals surface area contributed by atoms with Crippen LogP contribution in [-0.4, -0.2) is 23.1 Å². The Kier molecular flexibility index (Phi) is 2.75. The Morgan fingerprint density at radius 1 is 0.609 bits per heavy atom. The van der Waals surface area contributed by atoms with Crippen LogP contribution in [0.3, 0.4) is 0 Å². The zero-order valence-electron chi connectivity index (χ0n) is 11.9. The van der Waals surface area contributed by atoms with Gasteiger partial charge in [0.2, 0.25) is 0 Å². The van der Waals surface area contributed by atoms with Gasteiger partial charge < -0.3 is 0 Å². The van der Waals surface area contributed by atoms with Crippen molar-refractivity contribution in [1.82, 2.24) is 0 Å². The average molecular weight is 302 g/mol. The number of hydrogen-bond donors (Lipinski definition) is 0. The van der Waals surface area contributed by atoms with Gasteiger partial charge in [-0.2, -0.15) is 0 Å². The van der Waals surface area contributed by atoms with E-state index in [9.17, 15) is 19.2 Å². The zero-order chi connectivity index (χ0) is 16.1. The molecule has 2 aromatic carbocycles. The van der Waals surface area contributed by atoms with E-state index in [1.165, 1.54) is 6.08 Å². The van der Waals surface area contributed by atoms with Crippen molar-refractivity contribution >= 4 is 23.1 Å². The minimum absolute atomic E-state index is 0.0919. The lowest BCUT2D eigenvalue weighted by Gasteiger charge is -2.01. The van der Waals surface area contributed by atoms with Crippen molar-refractivity contribution in [3.63, 3.8) is 0 Å². The maximum absolute atomic E-state index is 12.4. The minimum Gasteiger partial charge on any atom is -0.293 e. The Balaban J connectivity index is 1.79. The molecule has 0 saturated carbocycles. The van der Waals surface area contributed by atoms with E-state index in [0.29, 0.717) is 22.3 Å². The van der Waals surface area contributed by atoms with E-state index in [0.717, 1.165) is 0 Å². The molecule has 0 amide bonds. The molecule has 2 aliphatic rings. The molecule has 0 bridgehead atoms. The second-order valence-corrected chi connectivity index (χ2v) is 5.54. The van der Waals surface area contributed by atoms with E-state index < -0.39 is 17.5 Å². The van der Waals surface area contributed by atoms with E-state index in [1.54, 1.807) is 48.5 Å². The van der Waals surface area contributed by atoms with Gasteiger partial charge >= 0.3 is 0 Å². The summed E-state index contributed by atoms with van der Waals surface area (Å²) >= 11 is 0. The second-order valence-electron chi connectivity index (χ2n) is 5.54. The van der Waals surface area contributed by atoms with Crippen molar-refractivity contribution in [3.05, 3.63) is 82.4 Å². The third kappa shape index (κ3) is 1.78. The van der Waals surface area contributed by atoms with Gasteiger partial charge in [0.25, 0.3) is 0 Å². The van der Waals surface area contributed by atoms with Crippen molar-refractivity contribution in [2.45, 2.75) is 0 Å². The van der Waals surface area contributed by atoms with Crippen molar-refractivity contribution in [3.8, 4) is 0 Å². The summed E-state index contributed by atoms with van der Waals surface area (Å²) in [5, 5.41) is 0. The highest BCUT2D eigenvalue weighted by Crippen LogP contribution is 2.32. The highest BCUT2D eigenvalue weighted by Gasteiger charge is 2.40. The normalized spacial score (nSPS) is 16.8. The molecule has 0 aromatic heterocycles. The van der Waals surface area contributed by atoms with Crippen LogP contribution in [-0.2, 0) is 0 Å². The molecule has 0 saturated heterocycles. The summed E-state index contributed by atoms with van der Waals surface area (Å²) in [6.45, 7) is 0. The topological polar surface area (TPSA) is 68.3 Å². The molecule has 2 aromatic rings. The molecular formula is C19H10O4. The predicted octanol–water partition coefficient (Wildman–Crippen LogP) is 2.69. The molecule has 110 valence electrons. The lowest BCUT2D eigenvalue weighted by atomic mass is 9.98. The maximum Gasteiger partial charge on any atom is 0.197 e. The number of fused-ring (bicyclic) bond motifs is 2. The summed E-state index contributed by atoms with van der Waals surface area (Å²) in [6, 6.07) is 13.0. The Hall–Kier alpha value is -3.14. The molecule has 23 heavy (non-hydrogen) atoms. The number of Topliss-reactive ketones (excluding diaryl/α,β-unsaturated/α-hetero) is 4. The zero-order valence-corrected chi connectivity index (χ0v) is 11.9. The third-order valence-corrected chi connectivity index (χ3v) is 4.26. The van der Waals surface area contributed by atoms with Crippen LogP contribution in [0.2, 0.25) is 0 Å². The molecule has 0 radical (unpaired) electrons. The van der Waals surface area contributed by atoms with E-state index in [4.69, 9.17) is 0 Å². The highest BCUT2D eigenvalue weighted by molar-refractivity contribution is 6.40. The highest BCUT2D eigenvalue weighted by atomic mass is 16.2. The van der Waals surface area contributed by atoms with E-state index in [-0.39, 0.29) is 17.1 Å². The molecular weight excluding hydrogens is 292 g/mol. The van der Waals surface area contributed by atoms with Crippen LogP contribution in [0.25, 0.3) is 0 Å². The first kappa shape index (κ1) is 13.5. The maximum atomic E-state index is 12.4. The monoisotopic (exact) mass is 302 g/mol. The molecule has 4 nitrogen and oxygen atoms in total. The summed E-state index contributed by atoms with van der Waals surface area (Å²) < 4.78 is 0. The average Bonchev–Trinajstić information content (AvgIpc) is 2.97. The van der Waals surface area contributed by atoms with Crippen molar-refractivity contribution in [1.29, 1.82) is 0 Å². The first-order valence-corrected chi connectivity index (χ1v) is 7.17. The molecule has 0 unspecified atom stereocenters. The van der Waals surface area contributed by atoms with E-state index in [1.807, 2.05) is 0 Å². The van der Waals surface area contributed by atoms with Gasteiger partial charge in [0.1, 0.15) is 5.92 Å². The van der Waals surface area contributed by atoms with Crippen LogP contribution in [0.1, 0.15) is 41.4 Å². The van der Waals surface area contributed by atoms with Crippen LogP contribution < -0.4 is 0 Å². The predicted molar refractivity (Wildman–Crippen MR) is 81.8 cm³/mol. The van der Waals surface area contributed by atoms with Gasteiger partial charge in [-0.15, -0.1) is 0 Å². The SMILES string of the molecule is O=C1C(=CC2C(=O)c3ccccc3C2=O)C(=O)c2ccccc21. The van der Waals surface area contributed by atoms with Crippen LogP contribution in [0.5, 0.6) is 0 Å². The summed E-state index contributed by atoms with van der Waals surface area (Å²) in [4.78, 5) is 49.5. The summed E-state index contributed by atoms with van der Waals surface area (Å²) in [6.07, 6.45) is 1.23. The van der Waals surface area contributed by atoms with Crippen LogP contribution in [0, 0.1) is 5.92 Å². The van der Waals surface area contributed by atoms with Gasteiger partial charge in [-0.05, 0) is 0 Å². The van der Waals surface area contributed by atoms with Gasteiger partial charge in [-0.3, -0.25) is 19.2 Å². The number of hydrogen-bond acceptors (Lipinski definition) is 4. The number of benzene rings is 2. The molecule has 4 heteroatoms. The van der Waals surface area contributed by atoms with Crippen molar-refractivity contribution in [2.24, 2.45) is 5.92 Å². The Morgan fingerprint density at radius 3 is 1.43 bits per heavy atom. The molecule has 0 N–H and O–H groups in total. The molecule has 0 fully saturated rings. The number of carbonyl (C=O) groups is 4. The van der Waals surface area contributed by atoms with Gasteiger partial charge in [-0.25, -0.2) is 0 Å². The molecule has 0 spiro atoms. The minimum atomic E-state index is -1.09. The van der Waals surface area contributed by atoms with Gasteiger partial charge in [0, 0.05) is 22.3 Å². The summed E-state index contributed by atoms with van der Waals surface area (Å²) in [7, 11) is 0. The molecule has 2 aliphatic carbocycles. The van der Waals surface area contributed by atoms with Gasteiger partial charge in [0.05, 0.1) is 5.57 Å². The second kappa shape index (κ2) is 4.68. The Bertz CT molecular complexity index is 877. The third-order valence-electron chi connectivity index (χ3n) is 4.26. The first-order valence-electron chi connectivity index (χ1n) is 7.17. The van der Waals surface area contributed by atoms with Gasteiger partial charge in [0.15, 0.2) is 23.1 Å². The number of ketones is 4. The van der Waals surface area contributed by atoms with Crippen molar-refractivity contribution in [2.75, 3.05) is 0 Å². The van der Waals surface area contributed by atoms with Crippen LogP contribution in [0.15, 0.2) is 60.2 Å². The number of allylic oxidation sites excluding steroid dienone is 2. The molecule has 0 atom stereocenters. The fourth-order valence-corrected chi connectivity index (χ4v) is 3.11. The van der Waals surface area contributed by atoms with Crippen LogP contribution >= 0.6 is 0 Å². The fourth-order valence-electron chi connectivity index (χ4n) is 3.11. The standard InChI is InChI=1S/C19H10O4/c20-16-10-5-1-2-6-11(10)17(21)14(16)9-15-18(22)12-7-3-4-8-13(12)19(15)23/h1-9,14H. The lowest BCUT2D eigenvalue weighted by molar-refractivity contribution is 0.0871. The molecule has 4 rings (SSSR count). The summed E-state index contributed by atoms with van der Waals surface area (Å²) in [5.74, 6) is -2.68. The lowest BCUT2D eigenvalue weighted by Crippen LogP contribution is -2.15. The summed E-state index contributed by atoms with van der Waals surface area (Å²) in [5.41, 5.74) is 1.23. The van der Waals surface area contributed by atoms with E-state index in [2.05, 4.69) is 0 Å². The first-order chi connectivity index (χ1) is 11.1. The van der Waals surface area contributed by atoms with Gasteiger partial charge in [-0.1, -0.05) is 54.6 Å². The van der Waals surface area contributed by atoms with E-state index >= 15 is 0 Å². The fraction of sp³-hybridized carbons (Fsp3) is 0.0526. The smallest absolute Gasteiger partial charge is 0.197 e. The quantitative estimate of drug-likeness (QED) is 0.461.